The molecule has 0 amide bonds. The van der Waals surface area contributed by atoms with Gasteiger partial charge in [-0.1, -0.05) is 26.0 Å². The van der Waals surface area contributed by atoms with Crippen LogP contribution in [0.3, 0.4) is 0 Å². The van der Waals surface area contributed by atoms with Gasteiger partial charge >= 0.3 is 0 Å². The lowest BCUT2D eigenvalue weighted by atomic mass is 10.1. The van der Waals surface area contributed by atoms with Crippen molar-refractivity contribution in [2.45, 2.75) is 39.7 Å². The number of ether oxygens (including phenoxy) is 2. The summed E-state index contributed by atoms with van der Waals surface area (Å²) in [5.41, 5.74) is 1.12. The van der Waals surface area contributed by atoms with Crippen LogP contribution in [0, 0.1) is 5.92 Å². The molecule has 3 nitrogen and oxygen atoms in total. The molecule has 1 rings (SSSR count). The molecule has 1 atom stereocenters. The molecule has 0 aliphatic rings. The van der Waals surface area contributed by atoms with Crippen LogP contribution in [-0.4, -0.2) is 31.0 Å². The molecule has 1 unspecified atom stereocenters. The molecule has 3 heteroatoms. The fourth-order valence-electron chi connectivity index (χ4n) is 1.70. The molecule has 0 fully saturated rings. The summed E-state index contributed by atoms with van der Waals surface area (Å²) >= 11 is 0. The third-order valence-electron chi connectivity index (χ3n) is 2.79. The summed E-state index contributed by atoms with van der Waals surface area (Å²) in [6.45, 7) is 8.17. The molecule has 1 aromatic carbocycles. The lowest BCUT2D eigenvalue weighted by Gasteiger charge is -2.09. The van der Waals surface area contributed by atoms with Crippen molar-refractivity contribution in [1.29, 1.82) is 0 Å². The highest BCUT2D eigenvalue weighted by molar-refractivity contribution is 5.27. The van der Waals surface area contributed by atoms with Crippen LogP contribution in [0.1, 0.15) is 32.8 Å². The number of hydrogen-bond donors (Lipinski definition) is 1. The monoisotopic (exact) mass is 266 g/mol. The van der Waals surface area contributed by atoms with E-state index >= 15 is 0 Å². The second-order valence-electron chi connectivity index (χ2n) is 5.34. The molecule has 0 aromatic heterocycles. The van der Waals surface area contributed by atoms with E-state index in [1.807, 2.05) is 24.3 Å². The highest BCUT2D eigenvalue weighted by Gasteiger charge is 2.00. The van der Waals surface area contributed by atoms with Gasteiger partial charge in [0.1, 0.15) is 12.4 Å². The summed E-state index contributed by atoms with van der Waals surface area (Å²) < 4.78 is 11.1. The molecule has 0 aliphatic heterocycles. The Morgan fingerprint density at radius 1 is 1.00 bits per heavy atom. The molecular weight excluding hydrogens is 240 g/mol. The Morgan fingerprint density at radius 2 is 1.68 bits per heavy atom. The molecule has 0 bridgehead atoms. The molecule has 0 spiro atoms. The second-order valence-corrected chi connectivity index (χ2v) is 5.34. The normalized spacial score (nSPS) is 12.7. The zero-order valence-corrected chi connectivity index (χ0v) is 12.3. The Balaban J connectivity index is 2.16. The largest absolute Gasteiger partial charge is 0.491 e. The molecule has 108 valence electrons. The third kappa shape index (κ3) is 7.85. The minimum Gasteiger partial charge on any atom is -0.491 e. The van der Waals surface area contributed by atoms with Gasteiger partial charge in [-0.3, -0.25) is 0 Å². The van der Waals surface area contributed by atoms with Crippen molar-refractivity contribution in [1.82, 2.24) is 0 Å². The van der Waals surface area contributed by atoms with Crippen molar-refractivity contribution >= 4 is 0 Å². The van der Waals surface area contributed by atoms with Gasteiger partial charge in [0.15, 0.2) is 0 Å². The summed E-state index contributed by atoms with van der Waals surface area (Å²) in [5, 5.41) is 9.29. The first-order valence-corrected chi connectivity index (χ1v) is 7.05. The first-order valence-electron chi connectivity index (χ1n) is 7.05. The van der Waals surface area contributed by atoms with Gasteiger partial charge in [0.2, 0.25) is 0 Å². The van der Waals surface area contributed by atoms with Gasteiger partial charge in [-0.25, -0.2) is 0 Å². The zero-order valence-electron chi connectivity index (χ0n) is 12.3. The first kappa shape index (κ1) is 16.0. The highest BCUT2D eigenvalue weighted by Crippen LogP contribution is 2.13. The minimum atomic E-state index is -0.305. The van der Waals surface area contributed by atoms with Crippen LogP contribution in [0.25, 0.3) is 0 Å². The summed E-state index contributed by atoms with van der Waals surface area (Å²) in [4.78, 5) is 0. The average molecular weight is 266 g/mol. The van der Waals surface area contributed by atoms with Crippen molar-refractivity contribution in [2.24, 2.45) is 5.92 Å². The summed E-state index contributed by atoms with van der Waals surface area (Å²) in [5.74, 6) is 1.53. The summed E-state index contributed by atoms with van der Waals surface area (Å²) in [7, 11) is 0. The van der Waals surface area contributed by atoms with Crippen LogP contribution >= 0.6 is 0 Å². The zero-order chi connectivity index (χ0) is 14.1. The molecule has 19 heavy (non-hydrogen) atoms. The van der Waals surface area contributed by atoms with Crippen LogP contribution in [0.15, 0.2) is 24.3 Å². The van der Waals surface area contributed by atoms with Crippen molar-refractivity contribution in [3.05, 3.63) is 29.8 Å². The number of aliphatic hydroxyl groups is 1. The van der Waals surface area contributed by atoms with E-state index in [0.717, 1.165) is 24.3 Å². The Labute approximate surface area is 116 Å². The molecule has 1 N–H and O–H groups in total. The van der Waals surface area contributed by atoms with Crippen LogP contribution < -0.4 is 4.74 Å². The van der Waals surface area contributed by atoms with Crippen molar-refractivity contribution < 1.29 is 14.6 Å². The fraction of sp³-hybridized carbons (Fsp3) is 0.625. The standard InChI is InChI=1S/C16H26O3/c1-13(2)8-9-18-10-11-19-16-6-4-15(5-7-16)12-14(3)17/h4-7,13-14,17H,8-12H2,1-3H3. The maximum Gasteiger partial charge on any atom is 0.119 e. The molecule has 0 heterocycles. The number of benzene rings is 1. The van der Waals surface area contributed by atoms with E-state index in [2.05, 4.69) is 13.8 Å². The fourth-order valence-corrected chi connectivity index (χ4v) is 1.70. The minimum absolute atomic E-state index is 0.305. The van der Waals surface area contributed by atoms with E-state index < -0.39 is 0 Å². The smallest absolute Gasteiger partial charge is 0.119 e. The first-order chi connectivity index (χ1) is 9.08. The van der Waals surface area contributed by atoms with Crippen molar-refractivity contribution in [2.75, 3.05) is 19.8 Å². The average Bonchev–Trinajstić information content (AvgIpc) is 2.34. The van der Waals surface area contributed by atoms with Gasteiger partial charge in [-0.2, -0.15) is 0 Å². The SMILES string of the molecule is CC(C)CCOCCOc1ccc(CC(C)O)cc1. The van der Waals surface area contributed by atoms with Gasteiger partial charge in [0.25, 0.3) is 0 Å². The van der Waals surface area contributed by atoms with Crippen molar-refractivity contribution in [3.63, 3.8) is 0 Å². The van der Waals surface area contributed by atoms with E-state index in [1.54, 1.807) is 6.92 Å². The van der Waals surface area contributed by atoms with Crippen LogP contribution in [0.5, 0.6) is 5.75 Å². The molecule has 0 saturated heterocycles. The van der Waals surface area contributed by atoms with Gasteiger partial charge in [-0.15, -0.1) is 0 Å². The number of rotatable bonds is 9. The Kier molecular flexibility index (Phi) is 7.53. The maximum atomic E-state index is 9.29. The van der Waals surface area contributed by atoms with E-state index in [0.29, 0.717) is 25.6 Å². The predicted molar refractivity (Wildman–Crippen MR) is 77.6 cm³/mol. The molecular formula is C16H26O3. The molecule has 0 aliphatic carbocycles. The molecule has 1 aromatic rings. The van der Waals surface area contributed by atoms with Crippen molar-refractivity contribution in [3.8, 4) is 5.75 Å². The van der Waals surface area contributed by atoms with Crippen LogP contribution in [0.2, 0.25) is 0 Å². The second kappa shape index (κ2) is 8.94. The Hall–Kier alpha value is -1.06. The lowest BCUT2D eigenvalue weighted by Crippen LogP contribution is -2.09. The topological polar surface area (TPSA) is 38.7 Å². The Bertz CT molecular complexity index is 330. The van der Waals surface area contributed by atoms with Crippen LogP contribution in [0.4, 0.5) is 0 Å². The number of hydrogen-bond acceptors (Lipinski definition) is 3. The van der Waals surface area contributed by atoms with Gasteiger partial charge in [0.05, 0.1) is 12.7 Å². The van der Waals surface area contributed by atoms with E-state index in [4.69, 9.17) is 9.47 Å². The number of aliphatic hydroxyl groups excluding tert-OH is 1. The van der Waals surface area contributed by atoms with Gasteiger partial charge < -0.3 is 14.6 Å². The quantitative estimate of drug-likeness (QED) is 0.698. The third-order valence-corrected chi connectivity index (χ3v) is 2.79. The summed E-state index contributed by atoms with van der Waals surface area (Å²) in [6.07, 6.45) is 1.47. The Morgan fingerprint density at radius 3 is 2.26 bits per heavy atom. The van der Waals surface area contributed by atoms with E-state index in [-0.39, 0.29) is 6.10 Å². The summed E-state index contributed by atoms with van der Waals surface area (Å²) in [6, 6.07) is 7.85. The van der Waals surface area contributed by atoms with E-state index in [1.165, 1.54) is 0 Å². The van der Waals surface area contributed by atoms with Gasteiger partial charge in [-0.05, 0) is 43.4 Å². The highest BCUT2D eigenvalue weighted by atomic mass is 16.5. The lowest BCUT2D eigenvalue weighted by molar-refractivity contribution is 0.0926. The van der Waals surface area contributed by atoms with Gasteiger partial charge in [0, 0.05) is 6.61 Å². The molecule has 0 radical (unpaired) electrons. The maximum absolute atomic E-state index is 9.29. The van der Waals surface area contributed by atoms with E-state index in [9.17, 15) is 5.11 Å². The predicted octanol–water partition coefficient (Wildman–Crippen LogP) is 3.05. The van der Waals surface area contributed by atoms with Crippen LogP contribution in [-0.2, 0) is 11.2 Å². The molecule has 0 saturated carbocycles.